The summed E-state index contributed by atoms with van der Waals surface area (Å²) in [6.45, 7) is 1.36. The minimum Gasteiger partial charge on any atom is -0.351 e. The average Bonchev–Trinajstić information content (AvgIpc) is 3.25. The van der Waals surface area contributed by atoms with E-state index in [0.717, 1.165) is 39.2 Å². The molecule has 4 nitrogen and oxygen atoms in total. The van der Waals surface area contributed by atoms with E-state index in [0.29, 0.717) is 17.1 Å². The Balaban J connectivity index is 0.00000324. The molecular formula is C27H26BrCl2N3O. The van der Waals surface area contributed by atoms with Gasteiger partial charge in [0.2, 0.25) is 0 Å². The van der Waals surface area contributed by atoms with Gasteiger partial charge in [-0.2, -0.15) is 0 Å². The zero-order valence-corrected chi connectivity index (χ0v) is 22.1. The van der Waals surface area contributed by atoms with E-state index in [2.05, 4.69) is 62.2 Å². The van der Waals surface area contributed by atoms with Crippen LogP contribution in [0.4, 0.5) is 0 Å². The minimum atomic E-state index is -0.110. The van der Waals surface area contributed by atoms with Crippen molar-refractivity contribution >= 4 is 45.8 Å². The molecule has 1 amide bonds. The molecule has 34 heavy (non-hydrogen) atoms. The molecule has 0 aliphatic carbocycles. The summed E-state index contributed by atoms with van der Waals surface area (Å²) in [6.07, 6.45) is 0. The number of aromatic nitrogens is 1. The number of para-hydroxylation sites is 1. The molecule has 0 saturated heterocycles. The lowest BCUT2D eigenvalue weighted by Gasteiger charge is -2.16. The Kier molecular flexibility index (Phi) is 8.97. The van der Waals surface area contributed by atoms with Crippen LogP contribution in [-0.2, 0) is 0 Å². The largest absolute Gasteiger partial charge is 0.351 e. The number of likely N-dealkylation sites (N-methyl/N-ethyl adjacent to an activating group) is 1. The second kappa shape index (κ2) is 11.7. The first-order valence-electron chi connectivity index (χ1n) is 10.7. The van der Waals surface area contributed by atoms with Crippen molar-refractivity contribution in [2.45, 2.75) is 0 Å². The molecule has 0 unspecified atom stereocenters. The lowest BCUT2D eigenvalue weighted by Crippen LogP contribution is -2.31. The van der Waals surface area contributed by atoms with Crippen molar-refractivity contribution < 1.29 is 4.79 Å². The van der Waals surface area contributed by atoms with Crippen LogP contribution in [0.1, 0.15) is 10.4 Å². The summed E-state index contributed by atoms with van der Waals surface area (Å²) in [6, 6.07) is 28.0. The zero-order chi connectivity index (χ0) is 23.4. The summed E-state index contributed by atoms with van der Waals surface area (Å²) in [5.41, 5.74) is 5.46. The fourth-order valence-corrected chi connectivity index (χ4v) is 4.18. The first-order valence-corrected chi connectivity index (χ1v) is 11.9. The lowest BCUT2D eigenvalue weighted by atomic mass is 10.1. The molecule has 0 fully saturated rings. The Bertz CT molecular complexity index is 1250. The number of hydrogen-bond acceptors (Lipinski definition) is 2. The molecule has 7 heteroatoms. The smallest absolute Gasteiger partial charge is 0.251 e. The number of carbonyl (C=O) groups excluding carboxylic acids is 1. The third-order valence-corrected chi connectivity index (χ3v) is 6.24. The van der Waals surface area contributed by atoms with E-state index in [9.17, 15) is 4.79 Å². The number of benzene rings is 3. The van der Waals surface area contributed by atoms with Gasteiger partial charge in [0.1, 0.15) is 0 Å². The van der Waals surface area contributed by atoms with Crippen molar-refractivity contribution in [1.82, 2.24) is 14.8 Å². The van der Waals surface area contributed by atoms with E-state index in [1.807, 2.05) is 55.4 Å². The van der Waals surface area contributed by atoms with Gasteiger partial charge in [0.15, 0.2) is 0 Å². The Morgan fingerprint density at radius 2 is 1.62 bits per heavy atom. The molecule has 0 saturated carbocycles. The minimum absolute atomic E-state index is 0. The van der Waals surface area contributed by atoms with Crippen LogP contribution in [0.25, 0.3) is 28.2 Å². The third-order valence-electron chi connectivity index (χ3n) is 5.38. The number of amides is 1. The normalized spacial score (nSPS) is 10.7. The highest BCUT2D eigenvalue weighted by Crippen LogP contribution is 2.36. The summed E-state index contributed by atoms with van der Waals surface area (Å²) >= 11 is 10.2. The molecule has 0 aliphatic heterocycles. The van der Waals surface area contributed by atoms with Gasteiger partial charge in [-0.15, -0.1) is 12.4 Å². The van der Waals surface area contributed by atoms with Gasteiger partial charge < -0.3 is 14.8 Å². The summed E-state index contributed by atoms with van der Waals surface area (Å²) < 4.78 is 3.21. The number of carbonyl (C=O) groups is 1. The molecular weight excluding hydrogens is 533 g/mol. The molecule has 4 aromatic rings. The average molecular weight is 559 g/mol. The van der Waals surface area contributed by atoms with Crippen molar-refractivity contribution in [3.8, 4) is 28.2 Å². The van der Waals surface area contributed by atoms with E-state index in [-0.39, 0.29) is 18.3 Å². The molecule has 1 aromatic heterocycles. The van der Waals surface area contributed by atoms with E-state index in [1.54, 1.807) is 12.1 Å². The fourth-order valence-electron chi connectivity index (χ4n) is 3.71. The molecule has 3 aromatic carbocycles. The maximum absolute atomic E-state index is 12.8. The Hall–Kier alpha value is -2.57. The van der Waals surface area contributed by atoms with Crippen LogP contribution in [0.5, 0.6) is 0 Å². The molecule has 0 radical (unpaired) electrons. The van der Waals surface area contributed by atoms with Crippen LogP contribution in [0, 0.1) is 0 Å². The topological polar surface area (TPSA) is 37.3 Å². The first kappa shape index (κ1) is 26.0. The van der Waals surface area contributed by atoms with E-state index < -0.39 is 0 Å². The van der Waals surface area contributed by atoms with Crippen molar-refractivity contribution in [3.05, 3.63) is 100.0 Å². The SMILES string of the molecule is CN(C)CCNC(=O)c1ccc(Cl)c(-c2ccc(-c3ccc(Br)cc3)n2-c2ccccc2)c1.Cl. The monoisotopic (exact) mass is 557 g/mol. The molecule has 0 spiro atoms. The molecule has 0 aliphatic rings. The summed E-state index contributed by atoms with van der Waals surface area (Å²) in [7, 11) is 3.96. The number of nitrogens with one attached hydrogen (secondary N) is 1. The highest BCUT2D eigenvalue weighted by molar-refractivity contribution is 9.10. The maximum Gasteiger partial charge on any atom is 0.251 e. The summed E-state index contributed by atoms with van der Waals surface area (Å²) in [5.74, 6) is -0.110. The van der Waals surface area contributed by atoms with Crippen LogP contribution >= 0.6 is 39.9 Å². The van der Waals surface area contributed by atoms with Gasteiger partial charge in [0.25, 0.3) is 5.91 Å². The Morgan fingerprint density at radius 3 is 2.29 bits per heavy atom. The predicted molar refractivity (Wildman–Crippen MR) is 147 cm³/mol. The van der Waals surface area contributed by atoms with E-state index in [4.69, 9.17) is 11.6 Å². The van der Waals surface area contributed by atoms with Gasteiger partial charge in [0.05, 0.1) is 11.4 Å². The fraction of sp³-hybridized carbons (Fsp3) is 0.148. The number of hydrogen-bond donors (Lipinski definition) is 1. The zero-order valence-electron chi connectivity index (χ0n) is 19.0. The van der Waals surface area contributed by atoms with Gasteiger partial charge in [-0.3, -0.25) is 4.79 Å². The van der Waals surface area contributed by atoms with Crippen LogP contribution in [0.15, 0.2) is 89.4 Å². The highest BCUT2D eigenvalue weighted by atomic mass is 79.9. The summed E-state index contributed by atoms with van der Waals surface area (Å²) in [4.78, 5) is 14.8. The molecule has 1 heterocycles. The molecule has 176 valence electrons. The van der Waals surface area contributed by atoms with Gasteiger partial charge in [-0.05, 0) is 74.3 Å². The molecule has 0 atom stereocenters. The molecule has 1 N–H and O–H groups in total. The highest BCUT2D eigenvalue weighted by Gasteiger charge is 2.17. The number of rotatable bonds is 7. The Labute approximate surface area is 220 Å². The maximum atomic E-state index is 12.8. The summed E-state index contributed by atoms with van der Waals surface area (Å²) in [5, 5.41) is 3.57. The number of nitrogens with zero attached hydrogens (tertiary/aromatic N) is 2. The quantitative estimate of drug-likeness (QED) is 0.267. The van der Waals surface area contributed by atoms with E-state index >= 15 is 0 Å². The van der Waals surface area contributed by atoms with Crippen LogP contribution < -0.4 is 5.32 Å². The van der Waals surface area contributed by atoms with Crippen molar-refractivity contribution in [2.24, 2.45) is 0 Å². The van der Waals surface area contributed by atoms with Gasteiger partial charge >= 0.3 is 0 Å². The third kappa shape index (κ3) is 5.91. The Morgan fingerprint density at radius 1 is 0.941 bits per heavy atom. The van der Waals surface area contributed by atoms with Crippen molar-refractivity contribution in [3.63, 3.8) is 0 Å². The van der Waals surface area contributed by atoms with Crippen molar-refractivity contribution in [2.75, 3.05) is 27.2 Å². The number of halogens is 3. The predicted octanol–water partition coefficient (Wildman–Crippen LogP) is 6.94. The van der Waals surface area contributed by atoms with Crippen LogP contribution in [0.2, 0.25) is 5.02 Å². The standard InChI is InChI=1S/C27H25BrClN3O.ClH/c1-31(2)17-16-30-27(33)20-10-13-24(29)23(18-20)26-15-14-25(19-8-11-21(28)12-9-19)32(26)22-6-4-3-5-7-22;/h3-15,18H,16-17H2,1-2H3,(H,30,33);1H. The van der Waals surface area contributed by atoms with Gasteiger partial charge in [0, 0.05) is 39.4 Å². The van der Waals surface area contributed by atoms with Gasteiger partial charge in [-0.25, -0.2) is 0 Å². The second-order valence-electron chi connectivity index (χ2n) is 8.04. The van der Waals surface area contributed by atoms with E-state index in [1.165, 1.54) is 0 Å². The molecule has 0 bridgehead atoms. The second-order valence-corrected chi connectivity index (χ2v) is 9.36. The van der Waals surface area contributed by atoms with Crippen molar-refractivity contribution in [1.29, 1.82) is 0 Å². The lowest BCUT2D eigenvalue weighted by molar-refractivity contribution is 0.0951. The molecule has 4 rings (SSSR count). The first-order chi connectivity index (χ1) is 15.9. The van der Waals surface area contributed by atoms with Crippen LogP contribution in [0.3, 0.4) is 0 Å². The van der Waals surface area contributed by atoms with Crippen LogP contribution in [-0.4, -0.2) is 42.6 Å². The van der Waals surface area contributed by atoms with Gasteiger partial charge in [-0.1, -0.05) is 57.9 Å².